The molecular formula is C18H10F6IN3O. The zero-order valence-electron chi connectivity index (χ0n) is 14.1. The van der Waals surface area contributed by atoms with Crippen LogP contribution in [-0.4, -0.2) is 15.7 Å². The van der Waals surface area contributed by atoms with Crippen molar-refractivity contribution in [3.63, 3.8) is 0 Å². The van der Waals surface area contributed by atoms with Crippen molar-refractivity contribution in [1.82, 2.24) is 9.78 Å². The molecule has 1 N–H and O–H groups in total. The number of benzene rings is 2. The van der Waals surface area contributed by atoms with Crippen LogP contribution in [0.3, 0.4) is 0 Å². The molecule has 29 heavy (non-hydrogen) atoms. The second kappa shape index (κ2) is 7.69. The SMILES string of the molecule is O=C(Nc1ccc(-n2nc(C(F)(F)F)cc2C(F)(F)F)cc1)c1cccc(I)c1. The summed E-state index contributed by atoms with van der Waals surface area (Å²) < 4.78 is 78.7. The van der Waals surface area contributed by atoms with Crippen LogP contribution >= 0.6 is 22.6 Å². The Morgan fingerprint density at radius 3 is 2.14 bits per heavy atom. The first kappa shape index (κ1) is 21.1. The van der Waals surface area contributed by atoms with Crippen molar-refractivity contribution in [3.8, 4) is 5.69 Å². The van der Waals surface area contributed by atoms with E-state index in [1.165, 1.54) is 12.1 Å². The lowest BCUT2D eigenvalue weighted by atomic mass is 10.2. The number of carbonyl (C=O) groups excluding carboxylic acids is 1. The first-order valence-electron chi connectivity index (χ1n) is 7.87. The van der Waals surface area contributed by atoms with Crippen LogP contribution in [0.2, 0.25) is 0 Å². The van der Waals surface area contributed by atoms with Gasteiger partial charge in [0.2, 0.25) is 0 Å². The molecule has 11 heteroatoms. The predicted octanol–water partition coefficient (Wildman–Crippen LogP) is 5.77. The molecule has 152 valence electrons. The maximum Gasteiger partial charge on any atom is 0.435 e. The molecule has 3 rings (SSSR count). The monoisotopic (exact) mass is 525 g/mol. The number of nitrogens with zero attached hydrogens (tertiary/aromatic N) is 2. The Labute approximate surface area is 173 Å². The highest BCUT2D eigenvalue weighted by atomic mass is 127. The second-order valence-corrected chi connectivity index (χ2v) is 7.08. The lowest BCUT2D eigenvalue weighted by molar-refractivity contribution is -0.143. The molecule has 2 aromatic carbocycles. The van der Waals surface area contributed by atoms with Gasteiger partial charge in [0.15, 0.2) is 5.69 Å². The van der Waals surface area contributed by atoms with Crippen LogP contribution in [0.5, 0.6) is 0 Å². The van der Waals surface area contributed by atoms with E-state index in [0.29, 0.717) is 5.56 Å². The molecule has 1 amide bonds. The van der Waals surface area contributed by atoms with Crippen molar-refractivity contribution in [3.05, 3.63) is 75.1 Å². The molecule has 0 aliphatic rings. The van der Waals surface area contributed by atoms with Crippen molar-refractivity contribution in [2.45, 2.75) is 12.4 Å². The standard InChI is InChI=1S/C18H10F6IN3O/c19-17(20,21)14-9-15(18(22,23)24)28(27-14)13-6-4-12(5-7-13)26-16(29)10-2-1-3-11(25)8-10/h1-9H,(H,26,29). The lowest BCUT2D eigenvalue weighted by Gasteiger charge is -2.11. The van der Waals surface area contributed by atoms with Crippen LogP contribution in [0.15, 0.2) is 54.6 Å². The third kappa shape index (κ3) is 4.89. The Morgan fingerprint density at radius 1 is 0.931 bits per heavy atom. The molecule has 0 fully saturated rings. The lowest BCUT2D eigenvalue weighted by Crippen LogP contribution is -2.14. The summed E-state index contributed by atoms with van der Waals surface area (Å²) in [4.78, 5) is 12.2. The third-order valence-electron chi connectivity index (χ3n) is 3.75. The Bertz CT molecular complexity index is 1040. The highest BCUT2D eigenvalue weighted by Gasteiger charge is 2.42. The van der Waals surface area contributed by atoms with Gasteiger partial charge in [0.05, 0.1) is 5.69 Å². The van der Waals surface area contributed by atoms with E-state index in [2.05, 4.69) is 10.4 Å². The zero-order valence-corrected chi connectivity index (χ0v) is 16.3. The molecule has 0 radical (unpaired) electrons. The van der Waals surface area contributed by atoms with Crippen molar-refractivity contribution >= 4 is 34.2 Å². The van der Waals surface area contributed by atoms with Crippen molar-refractivity contribution in [1.29, 1.82) is 0 Å². The topological polar surface area (TPSA) is 46.9 Å². The summed E-state index contributed by atoms with van der Waals surface area (Å²) in [6.07, 6.45) is -10.1. The number of hydrogen-bond donors (Lipinski definition) is 1. The second-order valence-electron chi connectivity index (χ2n) is 5.83. The van der Waals surface area contributed by atoms with Crippen LogP contribution < -0.4 is 5.32 Å². The van der Waals surface area contributed by atoms with E-state index in [1.807, 2.05) is 22.6 Å². The molecule has 0 atom stereocenters. The van der Waals surface area contributed by atoms with Gasteiger partial charge >= 0.3 is 12.4 Å². The summed E-state index contributed by atoms with van der Waals surface area (Å²) in [6.45, 7) is 0. The number of amides is 1. The van der Waals surface area contributed by atoms with Gasteiger partial charge in [0.25, 0.3) is 5.91 Å². The largest absolute Gasteiger partial charge is 0.435 e. The van der Waals surface area contributed by atoms with Crippen LogP contribution in [0.1, 0.15) is 21.7 Å². The van der Waals surface area contributed by atoms with E-state index >= 15 is 0 Å². The fourth-order valence-electron chi connectivity index (χ4n) is 2.44. The van der Waals surface area contributed by atoms with Gasteiger partial charge in [0, 0.05) is 20.9 Å². The van der Waals surface area contributed by atoms with E-state index in [0.717, 1.165) is 15.7 Å². The van der Waals surface area contributed by atoms with Gasteiger partial charge in [-0.05, 0) is 65.1 Å². The number of aromatic nitrogens is 2. The molecule has 0 spiro atoms. The van der Waals surface area contributed by atoms with E-state index in [1.54, 1.807) is 24.3 Å². The Hall–Kier alpha value is -2.57. The molecule has 3 aromatic rings. The van der Waals surface area contributed by atoms with Gasteiger partial charge < -0.3 is 5.32 Å². The van der Waals surface area contributed by atoms with Gasteiger partial charge in [-0.1, -0.05) is 6.07 Å². The fourth-order valence-corrected chi connectivity index (χ4v) is 2.98. The summed E-state index contributed by atoms with van der Waals surface area (Å²) in [5, 5.41) is 5.61. The minimum Gasteiger partial charge on any atom is -0.322 e. The number of hydrogen-bond acceptors (Lipinski definition) is 2. The smallest absolute Gasteiger partial charge is 0.322 e. The van der Waals surface area contributed by atoms with Crippen LogP contribution in [0.4, 0.5) is 32.0 Å². The average molecular weight is 525 g/mol. The minimum absolute atomic E-state index is 0.0489. The van der Waals surface area contributed by atoms with Gasteiger partial charge in [-0.15, -0.1) is 0 Å². The molecular weight excluding hydrogens is 515 g/mol. The average Bonchev–Trinajstić information content (AvgIpc) is 3.08. The minimum atomic E-state index is -5.03. The normalized spacial score (nSPS) is 12.1. The third-order valence-corrected chi connectivity index (χ3v) is 4.42. The summed E-state index contributed by atoms with van der Waals surface area (Å²) in [7, 11) is 0. The molecule has 0 unspecified atom stereocenters. The van der Waals surface area contributed by atoms with E-state index in [9.17, 15) is 31.1 Å². The molecule has 1 aromatic heterocycles. The number of rotatable bonds is 3. The van der Waals surface area contributed by atoms with Crippen LogP contribution in [-0.2, 0) is 12.4 Å². The quantitative estimate of drug-likeness (QED) is 0.349. The predicted molar refractivity (Wildman–Crippen MR) is 101 cm³/mol. The molecule has 1 heterocycles. The summed E-state index contributed by atoms with van der Waals surface area (Å²) in [6, 6.07) is 11.5. The Kier molecular flexibility index (Phi) is 5.61. The maximum atomic E-state index is 13.1. The van der Waals surface area contributed by atoms with Gasteiger partial charge in [-0.25, -0.2) is 4.68 Å². The number of carbonyl (C=O) groups is 1. The van der Waals surface area contributed by atoms with Crippen LogP contribution in [0.25, 0.3) is 5.69 Å². The van der Waals surface area contributed by atoms with Crippen molar-refractivity contribution in [2.75, 3.05) is 5.32 Å². The van der Waals surface area contributed by atoms with Crippen molar-refractivity contribution < 1.29 is 31.1 Å². The molecule has 0 aliphatic carbocycles. The Morgan fingerprint density at radius 2 is 1.59 bits per heavy atom. The molecule has 0 bridgehead atoms. The van der Waals surface area contributed by atoms with Crippen molar-refractivity contribution in [2.24, 2.45) is 0 Å². The van der Waals surface area contributed by atoms with Gasteiger partial charge in [-0.3, -0.25) is 4.79 Å². The number of anilines is 1. The fraction of sp³-hybridized carbons (Fsp3) is 0.111. The number of nitrogens with one attached hydrogen (secondary N) is 1. The Balaban J connectivity index is 1.89. The first-order valence-corrected chi connectivity index (χ1v) is 8.95. The van der Waals surface area contributed by atoms with Gasteiger partial charge in [-0.2, -0.15) is 31.4 Å². The number of alkyl halides is 6. The maximum absolute atomic E-state index is 13.1. The number of halogens is 7. The summed E-state index contributed by atoms with van der Waals surface area (Å²) in [5.74, 6) is -0.439. The van der Waals surface area contributed by atoms with Crippen LogP contribution in [0, 0.1) is 3.57 Å². The molecule has 4 nitrogen and oxygen atoms in total. The highest BCUT2D eigenvalue weighted by Crippen LogP contribution is 2.36. The molecule has 0 saturated heterocycles. The first-order chi connectivity index (χ1) is 13.4. The van der Waals surface area contributed by atoms with E-state index < -0.39 is 29.6 Å². The summed E-state index contributed by atoms with van der Waals surface area (Å²) in [5.41, 5.74) is -2.81. The molecule has 0 aliphatic heterocycles. The van der Waals surface area contributed by atoms with E-state index in [4.69, 9.17) is 0 Å². The van der Waals surface area contributed by atoms with E-state index in [-0.39, 0.29) is 22.1 Å². The zero-order chi connectivity index (χ0) is 21.4. The van der Waals surface area contributed by atoms with Gasteiger partial charge in [0.1, 0.15) is 5.69 Å². The highest BCUT2D eigenvalue weighted by molar-refractivity contribution is 14.1. The molecule has 0 saturated carbocycles. The summed E-state index contributed by atoms with van der Waals surface area (Å²) >= 11 is 2.04.